The Bertz CT molecular complexity index is 1340. The zero-order valence-electron chi connectivity index (χ0n) is 15.6. The van der Waals surface area contributed by atoms with E-state index in [1.165, 1.54) is 30.0 Å². The summed E-state index contributed by atoms with van der Waals surface area (Å²) in [5.74, 6) is -0.272. The van der Waals surface area contributed by atoms with E-state index in [-0.39, 0.29) is 5.91 Å². The highest BCUT2D eigenvalue weighted by Gasteiger charge is 2.24. The number of carbonyl (C=O) groups excluding carboxylic acids is 1. The second-order valence-electron chi connectivity index (χ2n) is 6.48. The van der Waals surface area contributed by atoms with Crippen LogP contribution in [0.4, 0.5) is 11.4 Å². The van der Waals surface area contributed by atoms with Crippen LogP contribution in [0.25, 0.3) is 17.0 Å². The third-order valence-corrected chi connectivity index (χ3v) is 5.88. The zero-order valence-corrected chi connectivity index (χ0v) is 18.0. The monoisotopic (exact) mass is 458 g/mol. The standard InChI is InChI=1S/C20H15ClN4O3S2/c1-30(27,28)25-14-5-6-15(21)17(11-14)23-20-24-19(26)18(29-20)10-12-4-7-16-13(9-12)3-2-8-22-16/h2-11,25H,1H3,(H,23,24,26)/b18-10-. The maximum atomic E-state index is 12.4. The van der Waals surface area contributed by atoms with Gasteiger partial charge in [-0.1, -0.05) is 23.7 Å². The van der Waals surface area contributed by atoms with Gasteiger partial charge in [0.05, 0.1) is 33.1 Å². The van der Waals surface area contributed by atoms with Crippen molar-refractivity contribution in [1.29, 1.82) is 0 Å². The Kier molecular flexibility index (Phi) is 5.50. The van der Waals surface area contributed by atoms with Crippen LogP contribution in [0.3, 0.4) is 0 Å². The van der Waals surface area contributed by atoms with E-state index in [4.69, 9.17) is 11.6 Å². The first-order valence-electron chi connectivity index (χ1n) is 8.68. The van der Waals surface area contributed by atoms with E-state index in [1.54, 1.807) is 12.3 Å². The number of carbonyl (C=O) groups is 1. The number of thioether (sulfide) groups is 1. The molecule has 7 nitrogen and oxygen atoms in total. The van der Waals surface area contributed by atoms with Gasteiger partial charge in [-0.15, -0.1) is 0 Å². The van der Waals surface area contributed by atoms with E-state index in [0.29, 0.717) is 26.5 Å². The highest BCUT2D eigenvalue weighted by Crippen LogP contribution is 2.33. The van der Waals surface area contributed by atoms with Crippen LogP contribution in [0.5, 0.6) is 0 Å². The average Bonchev–Trinajstić information content (AvgIpc) is 3.02. The quantitative estimate of drug-likeness (QED) is 0.572. The molecule has 3 aromatic rings. The molecule has 152 valence electrons. The van der Waals surface area contributed by atoms with E-state index in [0.717, 1.165) is 22.7 Å². The maximum Gasteiger partial charge on any atom is 0.264 e. The minimum atomic E-state index is -3.43. The molecule has 0 bridgehead atoms. The van der Waals surface area contributed by atoms with Gasteiger partial charge >= 0.3 is 0 Å². The van der Waals surface area contributed by atoms with Crippen molar-refractivity contribution in [3.8, 4) is 0 Å². The van der Waals surface area contributed by atoms with Gasteiger partial charge in [0.15, 0.2) is 5.17 Å². The first-order valence-corrected chi connectivity index (χ1v) is 11.8. The molecule has 1 saturated heterocycles. The van der Waals surface area contributed by atoms with Crippen molar-refractivity contribution in [3.05, 3.63) is 70.2 Å². The van der Waals surface area contributed by atoms with Gasteiger partial charge in [0.2, 0.25) is 10.0 Å². The van der Waals surface area contributed by atoms with Crippen LogP contribution < -0.4 is 10.0 Å². The van der Waals surface area contributed by atoms with Crippen molar-refractivity contribution in [2.24, 2.45) is 4.99 Å². The summed E-state index contributed by atoms with van der Waals surface area (Å²) in [5, 5.41) is 4.36. The van der Waals surface area contributed by atoms with Crippen molar-refractivity contribution in [1.82, 2.24) is 10.3 Å². The number of hydrogen-bond donors (Lipinski definition) is 2. The van der Waals surface area contributed by atoms with Crippen molar-refractivity contribution >= 4 is 72.8 Å². The molecule has 0 atom stereocenters. The molecule has 1 aliphatic rings. The molecule has 0 unspecified atom stereocenters. The molecule has 1 fully saturated rings. The Balaban J connectivity index is 1.60. The van der Waals surface area contributed by atoms with Crippen molar-refractivity contribution < 1.29 is 13.2 Å². The van der Waals surface area contributed by atoms with Gasteiger partial charge in [-0.05, 0) is 59.8 Å². The number of sulfonamides is 1. The highest BCUT2D eigenvalue weighted by atomic mass is 35.5. The van der Waals surface area contributed by atoms with Crippen LogP contribution in [0, 0.1) is 0 Å². The number of fused-ring (bicyclic) bond motifs is 1. The topological polar surface area (TPSA) is 101 Å². The van der Waals surface area contributed by atoms with Gasteiger partial charge < -0.3 is 5.32 Å². The Labute approximate surface area is 182 Å². The number of anilines is 1. The summed E-state index contributed by atoms with van der Waals surface area (Å²) < 4.78 is 25.2. The molecule has 0 spiro atoms. The van der Waals surface area contributed by atoms with Gasteiger partial charge in [0, 0.05) is 11.6 Å². The minimum Gasteiger partial charge on any atom is -0.300 e. The van der Waals surface area contributed by atoms with E-state index in [1.807, 2.05) is 30.3 Å². The molecule has 1 amide bonds. The Hall–Kier alpha value is -2.88. The molecule has 30 heavy (non-hydrogen) atoms. The zero-order chi connectivity index (χ0) is 21.3. The van der Waals surface area contributed by atoms with E-state index < -0.39 is 10.0 Å². The number of benzene rings is 2. The summed E-state index contributed by atoms with van der Waals surface area (Å²) in [6.45, 7) is 0. The minimum absolute atomic E-state index is 0.272. The number of nitrogens with one attached hydrogen (secondary N) is 2. The van der Waals surface area contributed by atoms with Crippen LogP contribution in [0.2, 0.25) is 5.02 Å². The van der Waals surface area contributed by atoms with Crippen molar-refractivity contribution in [2.75, 3.05) is 11.0 Å². The molecule has 2 aromatic carbocycles. The van der Waals surface area contributed by atoms with E-state index >= 15 is 0 Å². The maximum absolute atomic E-state index is 12.4. The Morgan fingerprint density at radius 3 is 2.83 bits per heavy atom. The fourth-order valence-electron chi connectivity index (χ4n) is 2.80. The molecule has 0 saturated carbocycles. The van der Waals surface area contributed by atoms with Gasteiger partial charge in [-0.3, -0.25) is 14.5 Å². The molecule has 10 heteroatoms. The molecule has 1 aliphatic heterocycles. The lowest BCUT2D eigenvalue weighted by atomic mass is 10.1. The fraction of sp³-hybridized carbons (Fsp3) is 0.0500. The van der Waals surface area contributed by atoms with Crippen LogP contribution >= 0.6 is 23.4 Å². The van der Waals surface area contributed by atoms with Gasteiger partial charge in [-0.2, -0.15) is 0 Å². The number of amides is 1. The lowest BCUT2D eigenvalue weighted by Crippen LogP contribution is -2.19. The van der Waals surface area contributed by atoms with Gasteiger partial charge in [0.25, 0.3) is 5.91 Å². The fourth-order valence-corrected chi connectivity index (χ4v) is 4.35. The molecule has 0 aliphatic carbocycles. The Morgan fingerprint density at radius 2 is 2.03 bits per heavy atom. The normalized spacial score (nSPS) is 16.9. The predicted molar refractivity (Wildman–Crippen MR) is 122 cm³/mol. The van der Waals surface area contributed by atoms with E-state index in [2.05, 4.69) is 20.0 Å². The Morgan fingerprint density at radius 1 is 1.20 bits per heavy atom. The smallest absolute Gasteiger partial charge is 0.264 e. The third kappa shape index (κ3) is 4.81. The second kappa shape index (κ2) is 8.10. The number of nitrogens with zero attached hydrogens (tertiary/aromatic N) is 2. The van der Waals surface area contributed by atoms with Crippen molar-refractivity contribution in [3.63, 3.8) is 0 Å². The summed E-state index contributed by atoms with van der Waals surface area (Å²) in [6.07, 6.45) is 4.56. The second-order valence-corrected chi connectivity index (χ2v) is 9.66. The summed E-state index contributed by atoms with van der Waals surface area (Å²) in [5.41, 5.74) is 2.41. The number of rotatable bonds is 4. The first kappa shape index (κ1) is 20.4. The molecular formula is C20H15ClN4O3S2. The molecule has 2 heterocycles. The number of hydrogen-bond acceptors (Lipinski definition) is 6. The van der Waals surface area contributed by atoms with Crippen LogP contribution in [-0.2, 0) is 14.8 Å². The average molecular weight is 459 g/mol. The number of halogens is 1. The molecule has 2 N–H and O–H groups in total. The summed E-state index contributed by atoms with van der Waals surface area (Å²) >= 11 is 7.36. The van der Waals surface area contributed by atoms with Gasteiger partial charge in [-0.25, -0.2) is 13.4 Å². The van der Waals surface area contributed by atoms with E-state index in [9.17, 15) is 13.2 Å². The van der Waals surface area contributed by atoms with Crippen LogP contribution in [0.1, 0.15) is 5.56 Å². The lowest BCUT2D eigenvalue weighted by molar-refractivity contribution is -0.115. The number of pyridine rings is 1. The molecule has 0 radical (unpaired) electrons. The SMILES string of the molecule is CS(=O)(=O)Nc1ccc(Cl)c(N=C2NC(=O)/C(=C/c3ccc4ncccc4c3)S2)c1. The summed E-state index contributed by atoms with van der Waals surface area (Å²) in [6, 6.07) is 14.1. The largest absolute Gasteiger partial charge is 0.300 e. The number of aliphatic imine (C=N–C) groups is 1. The van der Waals surface area contributed by atoms with Crippen molar-refractivity contribution in [2.45, 2.75) is 0 Å². The van der Waals surface area contributed by atoms with Crippen LogP contribution in [0.15, 0.2) is 64.6 Å². The van der Waals surface area contributed by atoms with Crippen LogP contribution in [-0.4, -0.2) is 30.7 Å². The van der Waals surface area contributed by atoms with Gasteiger partial charge in [0.1, 0.15) is 0 Å². The highest BCUT2D eigenvalue weighted by molar-refractivity contribution is 8.18. The first-order chi connectivity index (χ1) is 14.3. The molecule has 1 aromatic heterocycles. The molecular weight excluding hydrogens is 444 g/mol. The molecule has 4 rings (SSSR count). The number of amidine groups is 1. The third-order valence-electron chi connectivity index (χ3n) is 4.05. The summed E-state index contributed by atoms with van der Waals surface area (Å²) in [7, 11) is -3.43. The predicted octanol–water partition coefficient (Wildman–Crippen LogP) is 4.15. The lowest BCUT2D eigenvalue weighted by Gasteiger charge is -2.06. The number of aromatic nitrogens is 1. The summed E-state index contributed by atoms with van der Waals surface area (Å²) in [4.78, 5) is 21.5.